The van der Waals surface area contributed by atoms with E-state index in [1.807, 2.05) is 0 Å². The maximum absolute atomic E-state index is 5.81. The van der Waals surface area contributed by atoms with Gasteiger partial charge in [-0.15, -0.1) is 0 Å². The van der Waals surface area contributed by atoms with E-state index in [2.05, 4.69) is 47.0 Å². The smallest absolute Gasteiger partial charge is 0.0714 e. The van der Waals surface area contributed by atoms with Gasteiger partial charge in [0.2, 0.25) is 0 Å². The molecule has 4 heteroatoms. The Balaban J connectivity index is 1.54. The van der Waals surface area contributed by atoms with Crippen molar-refractivity contribution in [3.05, 3.63) is 41.6 Å². The molecule has 0 bridgehead atoms. The van der Waals surface area contributed by atoms with Crippen molar-refractivity contribution in [1.82, 2.24) is 14.7 Å². The van der Waals surface area contributed by atoms with Crippen LogP contribution in [0.4, 0.5) is 0 Å². The molecule has 4 nitrogen and oxygen atoms in total. The number of nitrogens with zero attached hydrogens (tertiary/aromatic N) is 3. The Kier molecular flexibility index (Phi) is 4.19. The first-order chi connectivity index (χ1) is 11.3. The van der Waals surface area contributed by atoms with Crippen LogP contribution < -0.4 is 0 Å². The third-order valence-electron chi connectivity index (χ3n) is 5.10. The SMILES string of the molecule is Cn1nc2c(c1-c1ccccc1)CCN(CC1CCCO1)CC2. The molecule has 4 rings (SSSR count). The lowest BCUT2D eigenvalue weighted by Crippen LogP contribution is -2.34. The summed E-state index contributed by atoms with van der Waals surface area (Å²) in [6.45, 7) is 4.23. The Bertz CT molecular complexity index is 659. The molecule has 1 fully saturated rings. The molecule has 0 radical (unpaired) electrons. The molecule has 1 unspecified atom stereocenters. The zero-order valence-corrected chi connectivity index (χ0v) is 13.9. The second-order valence-corrected chi connectivity index (χ2v) is 6.70. The largest absolute Gasteiger partial charge is 0.377 e. The molecule has 2 aromatic rings. The molecule has 122 valence electrons. The molecular weight excluding hydrogens is 286 g/mol. The summed E-state index contributed by atoms with van der Waals surface area (Å²) in [4.78, 5) is 2.56. The molecule has 0 saturated carbocycles. The van der Waals surface area contributed by atoms with E-state index >= 15 is 0 Å². The van der Waals surface area contributed by atoms with Crippen molar-refractivity contribution >= 4 is 0 Å². The van der Waals surface area contributed by atoms with E-state index in [0.717, 1.165) is 39.1 Å². The normalized spacial score (nSPS) is 22.0. The van der Waals surface area contributed by atoms with Crippen LogP contribution in [0, 0.1) is 0 Å². The number of hydrogen-bond acceptors (Lipinski definition) is 3. The second kappa shape index (κ2) is 6.46. The highest BCUT2D eigenvalue weighted by molar-refractivity contribution is 5.64. The molecule has 1 aromatic heterocycles. The molecule has 23 heavy (non-hydrogen) atoms. The molecule has 0 aliphatic carbocycles. The Hall–Kier alpha value is -1.65. The van der Waals surface area contributed by atoms with Crippen LogP contribution in [-0.2, 0) is 24.6 Å². The Morgan fingerprint density at radius 3 is 2.78 bits per heavy atom. The predicted octanol–water partition coefficient (Wildman–Crippen LogP) is 2.67. The monoisotopic (exact) mass is 311 g/mol. The molecule has 1 saturated heterocycles. The molecule has 2 aliphatic rings. The topological polar surface area (TPSA) is 30.3 Å². The van der Waals surface area contributed by atoms with Crippen LogP contribution in [0.15, 0.2) is 30.3 Å². The van der Waals surface area contributed by atoms with Crippen molar-refractivity contribution in [3.63, 3.8) is 0 Å². The van der Waals surface area contributed by atoms with Gasteiger partial charge in [-0.1, -0.05) is 30.3 Å². The minimum Gasteiger partial charge on any atom is -0.377 e. The molecule has 1 aromatic carbocycles. The van der Waals surface area contributed by atoms with Gasteiger partial charge in [0, 0.05) is 50.8 Å². The van der Waals surface area contributed by atoms with E-state index in [1.165, 1.54) is 35.4 Å². The van der Waals surface area contributed by atoms with Crippen molar-refractivity contribution in [1.29, 1.82) is 0 Å². The van der Waals surface area contributed by atoms with Gasteiger partial charge in [0.05, 0.1) is 17.5 Å². The lowest BCUT2D eigenvalue weighted by Gasteiger charge is -2.23. The van der Waals surface area contributed by atoms with Crippen LogP contribution in [0.3, 0.4) is 0 Å². The van der Waals surface area contributed by atoms with Gasteiger partial charge in [-0.05, 0) is 19.3 Å². The summed E-state index contributed by atoms with van der Waals surface area (Å²) in [7, 11) is 2.07. The molecule has 0 amide bonds. The van der Waals surface area contributed by atoms with E-state index in [1.54, 1.807) is 0 Å². The maximum atomic E-state index is 5.81. The lowest BCUT2D eigenvalue weighted by atomic mass is 10.0. The van der Waals surface area contributed by atoms with Gasteiger partial charge in [0.1, 0.15) is 0 Å². The average molecular weight is 311 g/mol. The zero-order chi connectivity index (χ0) is 15.6. The van der Waals surface area contributed by atoms with Crippen molar-refractivity contribution < 1.29 is 4.74 Å². The fourth-order valence-electron chi connectivity index (χ4n) is 3.95. The van der Waals surface area contributed by atoms with Crippen LogP contribution in [0.5, 0.6) is 0 Å². The summed E-state index contributed by atoms with van der Waals surface area (Å²) < 4.78 is 7.87. The maximum Gasteiger partial charge on any atom is 0.0714 e. The van der Waals surface area contributed by atoms with Crippen LogP contribution in [0.25, 0.3) is 11.3 Å². The number of benzene rings is 1. The van der Waals surface area contributed by atoms with E-state index in [0.29, 0.717) is 6.10 Å². The van der Waals surface area contributed by atoms with Gasteiger partial charge in [-0.2, -0.15) is 5.10 Å². The number of hydrogen-bond donors (Lipinski definition) is 0. The van der Waals surface area contributed by atoms with Crippen LogP contribution in [0.2, 0.25) is 0 Å². The summed E-state index contributed by atoms with van der Waals surface area (Å²) in [5, 5.41) is 4.81. The zero-order valence-electron chi connectivity index (χ0n) is 13.9. The van der Waals surface area contributed by atoms with Crippen molar-refractivity contribution in [2.24, 2.45) is 7.05 Å². The third-order valence-corrected chi connectivity index (χ3v) is 5.10. The number of aromatic nitrogens is 2. The Morgan fingerprint density at radius 1 is 1.17 bits per heavy atom. The fraction of sp³-hybridized carbons (Fsp3) is 0.526. The quantitative estimate of drug-likeness (QED) is 0.873. The van der Waals surface area contributed by atoms with Crippen LogP contribution in [0.1, 0.15) is 24.1 Å². The second-order valence-electron chi connectivity index (χ2n) is 6.70. The van der Waals surface area contributed by atoms with Gasteiger partial charge in [0.25, 0.3) is 0 Å². The van der Waals surface area contributed by atoms with Crippen molar-refractivity contribution in [3.8, 4) is 11.3 Å². The van der Waals surface area contributed by atoms with E-state index in [4.69, 9.17) is 9.84 Å². The first kappa shape index (κ1) is 14.9. The molecule has 3 heterocycles. The summed E-state index contributed by atoms with van der Waals surface area (Å²) in [5.41, 5.74) is 5.28. The van der Waals surface area contributed by atoms with Crippen LogP contribution >= 0.6 is 0 Å². The molecule has 2 aliphatic heterocycles. The first-order valence-electron chi connectivity index (χ1n) is 8.75. The van der Waals surface area contributed by atoms with E-state index in [-0.39, 0.29) is 0 Å². The highest BCUT2D eigenvalue weighted by Gasteiger charge is 2.24. The van der Waals surface area contributed by atoms with Gasteiger partial charge in [-0.3, -0.25) is 4.68 Å². The van der Waals surface area contributed by atoms with Gasteiger partial charge < -0.3 is 9.64 Å². The minimum atomic E-state index is 0.445. The standard InChI is InChI=1S/C19H25N3O/c1-21-19(15-6-3-2-4-7-15)17-9-11-22(12-10-18(17)20-21)14-16-8-5-13-23-16/h2-4,6-7,16H,5,8-14H2,1H3. The van der Waals surface area contributed by atoms with Gasteiger partial charge in [-0.25, -0.2) is 0 Å². The summed E-state index contributed by atoms with van der Waals surface area (Å²) in [5.74, 6) is 0. The van der Waals surface area contributed by atoms with E-state index < -0.39 is 0 Å². The highest BCUT2D eigenvalue weighted by Crippen LogP contribution is 2.28. The number of fused-ring (bicyclic) bond motifs is 1. The lowest BCUT2D eigenvalue weighted by molar-refractivity contribution is 0.0745. The van der Waals surface area contributed by atoms with Crippen LogP contribution in [-0.4, -0.2) is 47.0 Å². The molecule has 1 atom stereocenters. The summed E-state index contributed by atoms with van der Waals surface area (Å²) in [6, 6.07) is 10.7. The molecule has 0 N–H and O–H groups in total. The average Bonchev–Trinajstić information content (AvgIpc) is 3.14. The van der Waals surface area contributed by atoms with E-state index in [9.17, 15) is 0 Å². The summed E-state index contributed by atoms with van der Waals surface area (Å²) >= 11 is 0. The summed E-state index contributed by atoms with van der Waals surface area (Å²) in [6.07, 6.45) is 5.01. The Labute approximate surface area is 138 Å². The number of ether oxygens (including phenoxy) is 1. The van der Waals surface area contributed by atoms with Crippen molar-refractivity contribution in [2.75, 3.05) is 26.2 Å². The first-order valence-corrected chi connectivity index (χ1v) is 8.75. The highest BCUT2D eigenvalue weighted by atomic mass is 16.5. The third kappa shape index (κ3) is 3.06. The Morgan fingerprint density at radius 2 is 2.00 bits per heavy atom. The number of rotatable bonds is 3. The van der Waals surface area contributed by atoms with Gasteiger partial charge in [0.15, 0.2) is 0 Å². The van der Waals surface area contributed by atoms with Crippen molar-refractivity contribution in [2.45, 2.75) is 31.8 Å². The fourth-order valence-corrected chi connectivity index (χ4v) is 3.95. The minimum absolute atomic E-state index is 0.445. The molecular formula is C19H25N3O. The predicted molar refractivity (Wildman–Crippen MR) is 91.5 cm³/mol. The molecule has 0 spiro atoms. The van der Waals surface area contributed by atoms with Gasteiger partial charge >= 0.3 is 0 Å². The number of aryl methyl sites for hydroxylation is 1.